The quantitative estimate of drug-likeness (QED) is 0.611. The van der Waals surface area contributed by atoms with Gasteiger partial charge in [0.2, 0.25) is 0 Å². The second-order valence-corrected chi connectivity index (χ2v) is 7.60. The molecule has 1 amide bonds. The summed E-state index contributed by atoms with van der Waals surface area (Å²) < 4.78 is 5.60. The highest BCUT2D eigenvalue weighted by molar-refractivity contribution is 5.96. The molecular weight excluding hydrogens is 376 g/mol. The van der Waals surface area contributed by atoms with E-state index in [1.807, 2.05) is 48.5 Å². The van der Waals surface area contributed by atoms with Crippen molar-refractivity contribution in [3.8, 4) is 6.07 Å². The number of carbonyl (C=O) groups is 1. The van der Waals surface area contributed by atoms with Gasteiger partial charge in [-0.2, -0.15) is 5.26 Å². The van der Waals surface area contributed by atoms with Crippen LogP contribution in [-0.2, 0) is 0 Å². The molecule has 0 radical (unpaired) electrons. The Hall–Kier alpha value is -3.30. The fraction of sp³-hybridized carbons (Fsp3) is 0.333. The van der Waals surface area contributed by atoms with E-state index in [4.69, 9.17) is 9.68 Å². The number of amides is 1. The Bertz CT molecular complexity index is 994. The summed E-state index contributed by atoms with van der Waals surface area (Å²) in [4.78, 5) is 17.1. The lowest BCUT2D eigenvalue weighted by Crippen LogP contribution is -2.46. The number of unbranched alkanes of at least 4 members (excludes halogenated alkanes) is 1. The van der Waals surface area contributed by atoms with E-state index in [1.165, 1.54) is 5.69 Å². The number of rotatable bonds is 7. The van der Waals surface area contributed by atoms with Crippen LogP contribution in [0.5, 0.6) is 0 Å². The maximum Gasteiger partial charge on any atom is 0.287 e. The molecule has 1 fully saturated rings. The first-order valence-electron chi connectivity index (χ1n) is 10.5. The fourth-order valence-corrected chi connectivity index (χ4v) is 3.82. The third-order valence-corrected chi connectivity index (χ3v) is 5.57. The molecule has 2 aromatic carbocycles. The molecular formula is C24H26N4O2. The number of nitriles is 1. The molecule has 0 unspecified atom stereocenters. The van der Waals surface area contributed by atoms with Gasteiger partial charge in [0, 0.05) is 43.8 Å². The van der Waals surface area contributed by atoms with Gasteiger partial charge in [-0.1, -0.05) is 18.2 Å². The molecule has 6 heteroatoms. The van der Waals surface area contributed by atoms with Crippen molar-refractivity contribution in [2.45, 2.75) is 12.8 Å². The molecule has 2 heterocycles. The van der Waals surface area contributed by atoms with Crippen LogP contribution in [0, 0.1) is 11.3 Å². The van der Waals surface area contributed by atoms with Crippen LogP contribution in [-0.4, -0.2) is 50.1 Å². The normalized spacial score (nSPS) is 14.6. The zero-order valence-corrected chi connectivity index (χ0v) is 17.0. The minimum absolute atomic E-state index is 0.151. The summed E-state index contributed by atoms with van der Waals surface area (Å²) in [5, 5.41) is 12.8. The summed E-state index contributed by atoms with van der Waals surface area (Å²) in [7, 11) is 0. The number of hydrogen-bond acceptors (Lipinski definition) is 5. The summed E-state index contributed by atoms with van der Waals surface area (Å²) in [5.74, 6) is 0.220. The molecule has 1 aliphatic heterocycles. The van der Waals surface area contributed by atoms with Crippen LogP contribution >= 0.6 is 0 Å². The molecule has 30 heavy (non-hydrogen) atoms. The molecule has 1 aromatic heterocycles. The van der Waals surface area contributed by atoms with Crippen LogP contribution in [0.1, 0.15) is 29.0 Å². The Labute approximate surface area is 176 Å². The SMILES string of the molecule is N#Cc1ccc(N2CCN(CCCCNC(=O)c3cc4ccccc4o3)CC2)cc1. The Morgan fingerprint density at radius 2 is 1.80 bits per heavy atom. The van der Waals surface area contributed by atoms with Crippen LogP contribution in [0.3, 0.4) is 0 Å². The molecule has 1 aliphatic rings. The molecule has 4 rings (SSSR count). The van der Waals surface area contributed by atoms with Crippen LogP contribution < -0.4 is 10.2 Å². The molecule has 1 saturated heterocycles. The van der Waals surface area contributed by atoms with Gasteiger partial charge in [0.25, 0.3) is 5.91 Å². The number of carbonyl (C=O) groups excluding carboxylic acids is 1. The molecule has 0 aliphatic carbocycles. The van der Waals surface area contributed by atoms with E-state index < -0.39 is 0 Å². The number of nitrogens with one attached hydrogen (secondary N) is 1. The number of hydrogen-bond donors (Lipinski definition) is 1. The van der Waals surface area contributed by atoms with E-state index in [0.29, 0.717) is 17.9 Å². The number of para-hydroxylation sites is 1. The molecule has 0 saturated carbocycles. The summed E-state index contributed by atoms with van der Waals surface area (Å²) in [6, 6.07) is 19.4. The van der Waals surface area contributed by atoms with Gasteiger partial charge in [-0.25, -0.2) is 0 Å². The third-order valence-electron chi connectivity index (χ3n) is 5.57. The average Bonchev–Trinajstić information content (AvgIpc) is 3.24. The highest BCUT2D eigenvalue weighted by atomic mass is 16.3. The van der Waals surface area contributed by atoms with Gasteiger partial charge in [-0.05, 0) is 55.8 Å². The lowest BCUT2D eigenvalue weighted by molar-refractivity contribution is 0.0927. The first-order chi connectivity index (χ1) is 14.7. The van der Waals surface area contributed by atoms with Gasteiger partial charge in [0.05, 0.1) is 11.6 Å². The largest absolute Gasteiger partial charge is 0.451 e. The van der Waals surface area contributed by atoms with Gasteiger partial charge in [0.1, 0.15) is 5.58 Å². The van der Waals surface area contributed by atoms with Gasteiger partial charge >= 0.3 is 0 Å². The summed E-state index contributed by atoms with van der Waals surface area (Å²) >= 11 is 0. The van der Waals surface area contributed by atoms with Crippen molar-refractivity contribution in [3.63, 3.8) is 0 Å². The van der Waals surface area contributed by atoms with Crippen LogP contribution in [0.2, 0.25) is 0 Å². The Balaban J connectivity index is 1.13. The maximum atomic E-state index is 12.3. The highest BCUT2D eigenvalue weighted by Gasteiger charge is 2.17. The topological polar surface area (TPSA) is 72.5 Å². The van der Waals surface area contributed by atoms with E-state index in [2.05, 4.69) is 21.2 Å². The first kappa shape index (κ1) is 20.0. The van der Waals surface area contributed by atoms with E-state index >= 15 is 0 Å². The predicted octanol–water partition coefficient (Wildman–Crippen LogP) is 3.64. The van der Waals surface area contributed by atoms with Crippen molar-refractivity contribution in [2.24, 2.45) is 0 Å². The standard InChI is InChI=1S/C24H26N4O2/c25-18-19-7-9-21(10-8-19)28-15-13-27(14-16-28)12-4-3-11-26-24(29)23-17-20-5-1-2-6-22(20)30-23/h1-2,5-10,17H,3-4,11-16H2,(H,26,29). The highest BCUT2D eigenvalue weighted by Crippen LogP contribution is 2.19. The lowest BCUT2D eigenvalue weighted by Gasteiger charge is -2.36. The van der Waals surface area contributed by atoms with Crippen molar-refractivity contribution in [1.29, 1.82) is 5.26 Å². The van der Waals surface area contributed by atoms with Gasteiger partial charge in [-0.15, -0.1) is 0 Å². The molecule has 0 atom stereocenters. The van der Waals surface area contributed by atoms with Crippen molar-refractivity contribution in [3.05, 3.63) is 65.9 Å². The number of fused-ring (bicyclic) bond motifs is 1. The number of piperazine rings is 1. The summed E-state index contributed by atoms with van der Waals surface area (Å²) in [6.45, 7) is 5.75. The van der Waals surface area contributed by atoms with Crippen LogP contribution in [0.15, 0.2) is 59.0 Å². The van der Waals surface area contributed by atoms with Gasteiger partial charge in [0.15, 0.2) is 5.76 Å². The summed E-state index contributed by atoms with van der Waals surface area (Å²) in [6.07, 6.45) is 2.00. The van der Waals surface area contributed by atoms with Crippen molar-refractivity contribution >= 4 is 22.6 Å². The number of anilines is 1. The first-order valence-corrected chi connectivity index (χ1v) is 10.5. The molecule has 0 bridgehead atoms. The zero-order valence-electron chi connectivity index (χ0n) is 17.0. The fourth-order valence-electron chi connectivity index (χ4n) is 3.82. The van der Waals surface area contributed by atoms with E-state index in [-0.39, 0.29) is 5.91 Å². The average molecular weight is 402 g/mol. The second kappa shape index (κ2) is 9.47. The maximum absolute atomic E-state index is 12.3. The minimum atomic E-state index is -0.151. The molecule has 0 spiro atoms. The van der Waals surface area contributed by atoms with Crippen molar-refractivity contribution < 1.29 is 9.21 Å². The Morgan fingerprint density at radius 3 is 2.53 bits per heavy atom. The predicted molar refractivity (Wildman–Crippen MR) is 118 cm³/mol. The van der Waals surface area contributed by atoms with Crippen molar-refractivity contribution in [2.75, 3.05) is 44.2 Å². The monoisotopic (exact) mass is 402 g/mol. The third kappa shape index (κ3) is 4.81. The zero-order chi connectivity index (χ0) is 20.8. The molecule has 3 aromatic rings. The molecule has 154 valence electrons. The molecule has 6 nitrogen and oxygen atoms in total. The van der Waals surface area contributed by atoms with E-state index in [9.17, 15) is 4.79 Å². The second-order valence-electron chi connectivity index (χ2n) is 7.60. The van der Waals surface area contributed by atoms with Crippen molar-refractivity contribution in [1.82, 2.24) is 10.2 Å². The number of nitrogens with zero attached hydrogens (tertiary/aromatic N) is 3. The number of furan rings is 1. The molecule has 1 N–H and O–H groups in total. The van der Waals surface area contributed by atoms with Gasteiger partial charge < -0.3 is 14.6 Å². The summed E-state index contributed by atoms with van der Waals surface area (Å²) in [5.41, 5.74) is 2.62. The van der Waals surface area contributed by atoms with E-state index in [0.717, 1.165) is 56.5 Å². The Morgan fingerprint density at radius 1 is 1.03 bits per heavy atom. The minimum Gasteiger partial charge on any atom is -0.451 e. The van der Waals surface area contributed by atoms with Crippen LogP contribution in [0.25, 0.3) is 11.0 Å². The van der Waals surface area contributed by atoms with Gasteiger partial charge in [-0.3, -0.25) is 9.69 Å². The Kier molecular flexibility index (Phi) is 6.31. The van der Waals surface area contributed by atoms with Crippen LogP contribution in [0.4, 0.5) is 5.69 Å². The number of benzene rings is 2. The lowest BCUT2D eigenvalue weighted by atomic mass is 10.2. The van der Waals surface area contributed by atoms with E-state index in [1.54, 1.807) is 6.07 Å². The smallest absolute Gasteiger partial charge is 0.287 e.